The summed E-state index contributed by atoms with van der Waals surface area (Å²) in [5.74, 6) is 0.162. The zero-order valence-electron chi connectivity index (χ0n) is 12.8. The van der Waals surface area contributed by atoms with Crippen LogP contribution in [0.2, 0.25) is 0 Å². The van der Waals surface area contributed by atoms with Crippen LogP contribution in [0.3, 0.4) is 0 Å². The summed E-state index contributed by atoms with van der Waals surface area (Å²) >= 11 is 0. The number of nitro benzene ring substituents is 1. The lowest BCUT2D eigenvalue weighted by Gasteiger charge is -2.25. The van der Waals surface area contributed by atoms with Crippen LogP contribution in [0.25, 0.3) is 0 Å². The van der Waals surface area contributed by atoms with E-state index in [1.807, 2.05) is 26.8 Å². The maximum Gasteiger partial charge on any atom is 0.311 e. The van der Waals surface area contributed by atoms with Crippen molar-refractivity contribution in [3.05, 3.63) is 33.4 Å². The van der Waals surface area contributed by atoms with Crippen LogP contribution < -0.4 is 4.74 Å². The topological polar surface area (TPSA) is 76.2 Å². The minimum absolute atomic E-state index is 0.0988. The molecule has 1 aromatic rings. The summed E-state index contributed by atoms with van der Waals surface area (Å²) in [7, 11) is 1.38. The van der Waals surface area contributed by atoms with Gasteiger partial charge < -0.3 is 4.74 Å². The summed E-state index contributed by atoms with van der Waals surface area (Å²) in [6, 6.07) is 5.53. The average Bonchev–Trinajstić information content (AvgIpc) is 2.35. The van der Waals surface area contributed by atoms with Gasteiger partial charge in [0.1, 0.15) is 0 Å². The van der Waals surface area contributed by atoms with E-state index in [0.29, 0.717) is 5.56 Å². The van der Waals surface area contributed by atoms with E-state index in [9.17, 15) is 15.4 Å². The highest BCUT2D eigenvalue weighted by Crippen LogP contribution is 2.41. The molecule has 0 aromatic heterocycles. The van der Waals surface area contributed by atoms with Crippen molar-refractivity contribution in [2.24, 2.45) is 0 Å². The van der Waals surface area contributed by atoms with Crippen molar-refractivity contribution in [2.45, 2.75) is 45.4 Å². The smallest absolute Gasteiger partial charge is 0.311 e. The van der Waals surface area contributed by atoms with Crippen molar-refractivity contribution >= 4 is 5.69 Å². The normalized spacial score (nSPS) is 11.8. The maximum absolute atomic E-state index is 11.3. The van der Waals surface area contributed by atoms with E-state index in [2.05, 4.69) is 6.07 Å². The van der Waals surface area contributed by atoms with Gasteiger partial charge in [0.2, 0.25) is 5.75 Å². The molecule has 0 fully saturated rings. The summed E-state index contributed by atoms with van der Waals surface area (Å²) in [6.07, 6.45) is 0. The second kappa shape index (κ2) is 5.12. The largest absolute Gasteiger partial charge is 0.490 e. The average molecular weight is 276 g/mol. The summed E-state index contributed by atoms with van der Waals surface area (Å²) < 4.78 is 5.20. The Bertz CT molecular complexity index is 578. The standard InChI is InChI=1S/C15H20N2O3/c1-14(2,3)10-7-11(15(4,5)9-16)13(20-6)12(8-10)17(18)19/h7-8H,1-6H3. The van der Waals surface area contributed by atoms with Crippen molar-refractivity contribution in [2.75, 3.05) is 7.11 Å². The quantitative estimate of drug-likeness (QED) is 0.623. The zero-order valence-corrected chi connectivity index (χ0v) is 12.8. The molecule has 5 heteroatoms. The number of benzene rings is 1. The molecular formula is C15H20N2O3. The third-order valence-corrected chi connectivity index (χ3v) is 3.29. The lowest BCUT2D eigenvalue weighted by Crippen LogP contribution is -2.19. The van der Waals surface area contributed by atoms with Gasteiger partial charge in [-0.05, 0) is 30.9 Å². The predicted octanol–water partition coefficient (Wildman–Crippen LogP) is 3.70. The van der Waals surface area contributed by atoms with Gasteiger partial charge >= 0.3 is 5.69 Å². The van der Waals surface area contributed by atoms with Gasteiger partial charge in [0, 0.05) is 11.6 Å². The first-order valence-electron chi connectivity index (χ1n) is 6.33. The SMILES string of the molecule is COc1c([N+](=O)[O-])cc(C(C)(C)C)cc1C(C)(C)C#N. The molecule has 0 N–H and O–H groups in total. The molecule has 0 spiro atoms. The van der Waals surface area contributed by atoms with E-state index in [-0.39, 0.29) is 16.9 Å². The Balaban J connectivity index is 3.77. The maximum atomic E-state index is 11.3. The number of ether oxygens (including phenoxy) is 1. The van der Waals surface area contributed by atoms with E-state index in [1.54, 1.807) is 13.8 Å². The summed E-state index contributed by atoms with van der Waals surface area (Å²) in [4.78, 5) is 10.8. The number of nitriles is 1. The number of rotatable bonds is 3. The Kier molecular flexibility index (Phi) is 4.09. The molecule has 20 heavy (non-hydrogen) atoms. The van der Waals surface area contributed by atoms with Crippen LogP contribution in [0, 0.1) is 21.4 Å². The van der Waals surface area contributed by atoms with Crippen LogP contribution in [-0.2, 0) is 10.8 Å². The number of nitrogens with zero attached hydrogens (tertiary/aromatic N) is 2. The van der Waals surface area contributed by atoms with Crippen molar-refractivity contribution in [3.63, 3.8) is 0 Å². The Morgan fingerprint density at radius 2 is 1.80 bits per heavy atom. The molecule has 1 aromatic carbocycles. The first kappa shape index (κ1) is 16.0. The van der Waals surface area contributed by atoms with Crippen LogP contribution in [0.4, 0.5) is 5.69 Å². The van der Waals surface area contributed by atoms with Crippen molar-refractivity contribution in [1.82, 2.24) is 0 Å². The van der Waals surface area contributed by atoms with Gasteiger partial charge in [-0.2, -0.15) is 5.26 Å². The van der Waals surface area contributed by atoms with Crippen molar-refractivity contribution < 1.29 is 9.66 Å². The molecule has 0 radical (unpaired) electrons. The minimum Gasteiger partial charge on any atom is -0.490 e. The molecule has 0 saturated heterocycles. The second-order valence-corrected chi connectivity index (χ2v) is 6.32. The zero-order chi connectivity index (χ0) is 15.7. The van der Waals surface area contributed by atoms with E-state index >= 15 is 0 Å². The summed E-state index contributed by atoms with van der Waals surface area (Å²) in [5, 5.41) is 20.6. The summed E-state index contributed by atoms with van der Waals surface area (Å²) in [6.45, 7) is 9.37. The lowest BCUT2D eigenvalue weighted by atomic mass is 9.79. The Morgan fingerprint density at radius 1 is 1.25 bits per heavy atom. The fourth-order valence-corrected chi connectivity index (χ4v) is 1.92. The molecule has 0 amide bonds. The molecule has 0 heterocycles. The number of nitro groups is 1. The molecule has 108 valence electrons. The van der Waals surface area contributed by atoms with Crippen LogP contribution in [0.1, 0.15) is 45.7 Å². The first-order chi connectivity index (χ1) is 9.04. The molecule has 1 rings (SSSR count). The fraction of sp³-hybridized carbons (Fsp3) is 0.533. The van der Waals surface area contributed by atoms with E-state index in [1.165, 1.54) is 13.2 Å². The third kappa shape index (κ3) is 2.90. The van der Waals surface area contributed by atoms with Gasteiger partial charge in [0.05, 0.1) is 23.5 Å². The molecule has 5 nitrogen and oxygen atoms in total. The second-order valence-electron chi connectivity index (χ2n) is 6.32. The van der Waals surface area contributed by atoms with Crippen molar-refractivity contribution in [3.8, 4) is 11.8 Å². The van der Waals surface area contributed by atoms with Crippen LogP contribution in [-0.4, -0.2) is 12.0 Å². The number of hydrogen-bond acceptors (Lipinski definition) is 4. The molecule has 0 aliphatic rings. The molecule has 0 saturated carbocycles. The minimum atomic E-state index is -0.864. The number of methoxy groups -OCH3 is 1. The van der Waals surface area contributed by atoms with Gasteiger partial charge in [0.15, 0.2) is 0 Å². The van der Waals surface area contributed by atoms with E-state index in [0.717, 1.165) is 5.56 Å². The Labute approximate surface area is 119 Å². The Hall–Kier alpha value is -2.09. The highest BCUT2D eigenvalue weighted by molar-refractivity contribution is 5.59. The molecule has 0 atom stereocenters. The third-order valence-electron chi connectivity index (χ3n) is 3.29. The van der Waals surface area contributed by atoms with Gasteiger partial charge in [-0.3, -0.25) is 10.1 Å². The van der Waals surface area contributed by atoms with E-state index in [4.69, 9.17) is 4.74 Å². The monoisotopic (exact) mass is 276 g/mol. The van der Waals surface area contributed by atoms with Gasteiger partial charge in [0.25, 0.3) is 0 Å². The predicted molar refractivity (Wildman–Crippen MR) is 77.0 cm³/mol. The fourth-order valence-electron chi connectivity index (χ4n) is 1.92. The van der Waals surface area contributed by atoms with Crippen molar-refractivity contribution in [1.29, 1.82) is 5.26 Å². The highest BCUT2D eigenvalue weighted by Gasteiger charge is 2.32. The molecule has 0 bridgehead atoms. The van der Waals surface area contributed by atoms with Crippen LogP contribution >= 0.6 is 0 Å². The van der Waals surface area contributed by atoms with Gasteiger partial charge in [-0.15, -0.1) is 0 Å². The first-order valence-corrected chi connectivity index (χ1v) is 6.33. The molecule has 0 aliphatic heterocycles. The summed E-state index contributed by atoms with van der Waals surface area (Å²) in [5.41, 5.74) is 0.137. The van der Waals surface area contributed by atoms with Crippen LogP contribution in [0.5, 0.6) is 5.75 Å². The van der Waals surface area contributed by atoms with Crippen LogP contribution in [0.15, 0.2) is 12.1 Å². The number of hydrogen-bond donors (Lipinski definition) is 0. The molecular weight excluding hydrogens is 256 g/mol. The van der Waals surface area contributed by atoms with Gasteiger partial charge in [-0.1, -0.05) is 20.8 Å². The highest BCUT2D eigenvalue weighted by atomic mass is 16.6. The molecule has 0 unspecified atom stereocenters. The molecule has 0 aliphatic carbocycles. The van der Waals surface area contributed by atoms with E-state index < -0.39 is 10.3 Å². The Morgan fingerprint density at radius 3 is 2.15 bits per heavy atom. The lowest BCUT2D eigenvalue weighted by molar-refractivity contribution is -0.385. The van der Waals surface area contributed by atoms with Gasteiger partial charge in [-0.25, -0.2) is 0 Å².